The molecule has 0 bridgehead atoms. The van der Waals surface area contributed by atoms with E-state index in [2.05, 4.69) is 15.5 Å². The number of nitrogens with one attached hydrogen (secondary N) is 2. The molecule has 3 rings (SSSR count). The highest BCUT2D eigenvalue weighted by molar-refractivity contribution is 6.01. The van der Waals surface area contributed by atoms with Crippen molar-refractivity contribution in [3.8, 4) is 0 Å². The smallest absolute Gasteiger partial charge is 0.332 e. The number of carbonyl (C=O) groups is 2. The van der Waals surface area contributed by atoms with Crippen molar-refractivity contribution in [1.82, 2.24) is 23.9 Å². The molecule has 0 spiro atoms. The Kier molecular flexibility index (Phi) is 3.75. The number of fused-ring (bicyclic) bond motifs is 1. The molecule has 3 aromatic heterocycles. The summed E-state index contributed by atoms with van der Waals surface area (Å²) in [5.41, 5.74) is 4.61. The van der Waals surface area contributed by atoms with Crippen molar-refractivity contribution >= 4 is 28.7 Å². The highest BCUT2D eigenvalue weighted by Crippen LogP contribution is 2.12. The molecule has 0 radical (unpaired) electrons. The first-order valence-corrected chi connectivity index (χ1v) is 7.19. The number of hydrogen-bond acceptors (Lipinski definition) is 5. The minimum Gasteiger partial charge on any atom is -0.365 e. The number of rotatable bonds is 4. The Morgan fingerprint density at radius 1 is 1.28 bits per heavy atom. The number of H-pyrrole nitrogens is 1. The maximum Gasteiger partial charge on any atom is 0.332 e. The minimum atomic E-state index is -0.735. The third-order valence-electron chi connectivity index (χ3n) is 3.84. The van der Waals surface area contributed by atoms with Crippen LogP contribution >= 0.6 is 0 Å². The van der Waals surface area contributed by atoms with Gasteiger partial charge in [-0.2, -0.15) is 5.10 Å². The molecule has 25 heavy (non-hydrogen) atoms. The standard InChI is InChI=1S/C14H15N7O4/c1-19-12-7(13(24)20(2)14(19)25)3-4-21(12)6-9(22)17-11-8(10(15)23)5-16-18-11/h3-5H,6H2,1-2H3,(H2,15,23)(H2,16,17,18,22). The van der Waals surface area contributed by atoms with Gasteiger partial charge in [-0.25, -0.2) is 4.79 Å². The number of aryl methyl sites for hydroxylation is 1. The number of carbonyl (C=O) groups excluding carboxylic acids is 2. The van der Waals surface area contributed by atoms with Crippen molar-refractivity contribution in [2.75, 3.05) is 5.32 Å². The van der Waals surface area contributed by atoms with Crippen LogP contribution in [0.2, 0.25) is 0 Å². The molecule has 0 saturated carbocycles. The van der Waals surface area contributed by atoms with Gasteiger partial charge in [0.05, 0.1) is 11.6 Å². The molecule has 0 aliphatic rings. The summed E-state index contributed by atoms with van der Waals surface area (Å²) in [6.45, 7) is -0.179. The first-order valence-electron chi connectivity index (χ1n) is 7.19. The molecule has 0 aliphatic heterocycles. The summed E-state index contributed by atoms with van der Waals surface area (Å²) in [6, 6.07) is 1.54. The van der Waals surface area contributed by atoms with E-state index in [-0.39, 0.29) is 17.9 Å². The normalized spacial score (nSPS) is 11.0. The van der Waals surface area contributed by atoms with Gasteiger partial charge in [-0.3, -0.25) is 28.6 Å². The van der Waals surface area contributed by atoms with Crippen LogP contribution in [0.3, 0.4) is 0 Å². The van der Waals surface area contributed by atoms with Crippen LogP contribution in [-0.2, 0) is 25.4 Å². The molecule has 0 saturated heterocycles. The van der Waals surface area contributed by atoms with E-state index in [4.69, 9.17) is 5.73 Å². The average Bonchev–Trinajstić information content (AvgIpc) is 3.18. The molecule has 0 unspecified atom stereocenters. The molecule has 0 aromatic carbocycles. The second kappa shape index (κ2) is 5.78. The Labute approximate surface area is 139 Å². The number of primary amides is 1. The van der Waals surface area contributed by atoms with Crippen LogP contribution in [0.1, 0.15) is 10.4 Å². The van der Waals surface area contributed by atoms with Crippen molar-refractivity contribution in [2.45, 2.75) is 6.54 Å². The molecule has 130 valence electrons. The monoisotopic (exact) mass is 345 g/mol. The lowest BCUT2D eigenvalue weighted by molar-refractivity contribution is -0.116. The molecular weight excluding hydrogens is 330 g/mol. The third-order valence-corrected chi connectivity index (χ3v) is 3.84. The molecule has 0 fully saturated rings. The van der Waals surface area contributed by atoms with Gasteiger partial charge in [0.2, 0.25) is 5.91 Å². The summed E-state index contributed by atoms with van der Waals surface area (Å²) in [4.78, 5) is 47.7. The lowest BCUT2D eigenvalue weighted by Crippen LogP contribution is -2.37. The Bertz CT molecular complexity index is 1110. The van der Waals surface area contributed by atoms with Crippen LogP contribution in [0.5, 0.6) is 0 Å². The Morgan fingerprint density at radius 2 is 2.00 bits per heavy atom. The molecule has 4 N–H and O–H groups in total. The van der Waals surface area contributed by atoms with Gasteiger partial charge in [-0.1, -0.05) is 0 Å². The first-order chi connectivity index (χ1) is 11.8. The summed E-state index contributed by atoms with van der Waals surface area (Å²) in [7, 11) is 2.90. The lowest BCUT2D eigenvalue weighted by Gasteiger charge is -2.10. The number of anilines is 1. The number of nitrogens with two attached hydrogens (primary N) is 1. The SMILES string of the molecule is Cn1c(=O)c2ccn(CC(=O)Nc3[nH]ncc3C(N)=O)c2n(C)c1=O. The van der Waals surface area contributed by atoms with Crippen molar-refractivity contribution in [3.63, 3.8) is 0 Å². The van der Waals surface area contributed by atoms with Crippen molar-refractivity contribution in [1.29, 1.82) is 0 Å². The Balaban J connectivity index is 1.95. The van der Waals surface area contributed by atoms with Crippen molar-refractivity contribution < 1.29 is 9.59 Å². The minimum absolute atomic E-state index is 0.0481. The highest BCUT2D eigenvalue weighted by Gasteiger charge is 2.16. The molecule has 11 heteroatoms. The largest absolute Gasteiger partial charge is 0.365 e. The van der Waals surface area contributed by atoms with E-state index in [9.17, 15) is 19.2 Å². The number of amides is 2. The second-order valence-electron chi connectivity index (χ2n) is 5.46. The fourth-order valence-corrected chi connectivity index (χ4v) is 2.62. The molecule has 0 aliphatic carbocycles. The maximum atomic E-state index is 12.2. The van der Waals surface area contributed by atoms with Gasteiger partial charge < -0.3 is 15.6 Å². The summed E-state index contributed by atoms with van der Waals surface area (Å²) in [6.07, 6.45) is 2.74. The number of aromatic nitrogens is 5. The van der Waals surface area contributed by atoms with Gasteiger partial charge in [0.15, 0.2) is 0 Å². The first kappa shape index (κ1) is 16.2. The van der Waals surface area contributed by atoms with Gasteiger partial charge in [0, 0.05) is 20.3 Å². The number of aromatic amines is 1. The van der Waals surface area contributed by atoms with E-state index >= 15 is 0 Å². The van der Waals surface area contributed by atoms with E-state index in [0.717, 1.165) is 4.57 Å². The van der Waals surface area contributed by atoms with Crippen LogP contribution in [-0.4, -0.2) is 35.7 Å². The van der Waals surface area contributed by atoms with Gasteiger partial charge in [-0.05, 0) is 6.07 Å². The Morgan fingerprint density at radius 3 is 2.68 bits per heavy atom. The predicted octanol–water partition coefficient (Wildman–Crippen LogP) is -1.50. The van der Waals surface area contributed by atoms with E-state index in [1.165, 1.54) is 41.7 Å². The lowest BCUT2D eigenvalue weighted by atomic mass is 10.3. The zero-order valence-corrected chi connectivity index (χ0v) is 13.4. The highest BCUT2D eigenvalue weighted by atomic mass is 16.2. The molecular formula is C14H15N7O4. The van der Waals surface area contributed by atoms with Crippen molar-refractivity contribution in [3.05, 3.63) is 44.9 Å². The fourth-order valence-electron chi connectivity index (χ4n) is 2.62. The van der Waals surface area contributed by atoms with Crippen LogP contribution in [0.4, 0.5) is 5.82 Å². The van der Waals surface area contributed by atoms with Gasteiger partial charge in [-0.15, -0.1) is 0 Å². The zero-order valence-electron chi connectivity index (χ0n) is 13.4. The average molecular weight is 345 g/mol. The number of hydrogen-bond donors (Lipinski definition) is 3. The number of nitrogens with zero attached hydrogens (tertiary/aromatic N) is 4. The summed E-state index contributed by atoms with van der Waals surface area (Å²) in [5, 5.41) is 8.93. The molecule has 3 aromatic rings. The van der Waals surface area contributed by atoms with Gasteiger partial charge in [0.25, 0.3) is 11.5 Å². The molecule has 3 heterocycles. The summed E-state index contributed by atoms with van der Waals surface area (Å²) >= 11 is 0. The molecule has 11 nitrogen and oxygen atoms in total. The van der Waals surface area contributed by atoms with E-state index < -0.39 is 23.1 Å². The van der Waals surface area contributed by atoms with E-state index in [0.29, 0.717) is 11.0 Å². The van der Waals surface area contributed by atoms with Gasteiger partial charge >= 0.3 is 5.69 Å². The second-order valence-corrected chi connectivity index (χ2v) is 5.46. The quantitative estimate of drug-likeness (QED) is 0.526. The van der Waals surface area contributed by atoms with Crippen LogP contribution in [0.15, 0.2) is 28.0 Å². The van der Waals surface area contributed by atoms with Crippen LogP contribution < -0.4 is 22.3 Å². The third kappa shape index (κ3) is 2.60. The summed E-state index contributed by atoms with van der Waals surface area (Å²) in [5.74, 6) is -1.14. The predicted molar refractivity (Wildman–Crippen MR) is 88.2 cm³/mol. The van der Waals surface area contributed by atoms with E-state index in [1.807, 2.05) is 0 Å². The maximum absolute atomic E-state index is 12.2. The Hall–Kier alpha value is -3.63. The van der Waals surface area contributed by atoms with Crippen molar-refractivity contribution in [2.24, 2.45) is 19.8 Å². The van der Waals surface area contributed by atoms with Crippen LogP contribution in [0.25, 0.3) is 11.0 Å². The molecule has 0 atom stereocenters. The fraction of sp³-hybridized carbons (Fsp3) is 0.214. The van der Waals surface area contributed by atoms with E-state index in [1.54, 1.807) is 0 Å². The summed E-state index contributed by atoms with van der Waals surface area (Å²) < 4.78 is 3.75. The molecule has 2 amide bonds. The topological polar surface area (TPSA) is 150 Å². The van der Waals surface area contributed by atoms with Gasteiger partial charge in [0.1, 0.15) is 23.6 Å². The zero-order chi connectivity index (χ0) is 18.3. The van der Waals surface area contributed by atoms with Crippen LogP contribution in [0, 0.1) is 0 Å².